The van der Waals surface area contributed by atoms with Crippen molar-refractivity contribution in [3.63, 3.8) is 0 Å². The highest BCUT2D eigenvalue weighted by molar-refractivity contribution is 5.05. The van der Waals surface area contributed by atoms with Crippen molar-refractivity contribution < 1.29 is 14.7 Å². The van der Waals surface area contributed by atoms with Gasteiger partial charge in [-0.2, -0.15) is 0 Å². The van der Waals surface area contributed by atoms with E-state index in [4.69, 9.17) is 9.47 Å². The number of ether oxygens (including phenoxy) is 2. The minimum atomic E-state index is -0.547. The Kier molecular flexibility index (Phi) is 5.04. The molecule has 0 amide bonds. The predicted molar refractivity (Wildman–Crippen MR) is 82.2 cm³/mol. The zero-order chi connectivity index (χ0) is 15.7. The third kappa shape index (κ3) is 3.14. The Balaban J connectivity index is 2.18. The molecule has 0 saturated carbocycles. The third-order valence-electron chi connectivity index (χ3n) is 5.39. The van der Waals surface area contributed by atoms with Crippen molar-refractivity contribution in [1.29, 1.82) is 0 Å². The number of rotatable bonds is 5. The van der Waals surface area contributed by atoms with E-state index in [1.807, 2.05) is 13.8 Å². The zero-order valence-corrected chi connectivity index (χ0v) is 14.4. The molecule has 2 atom stereocenters. The lowest BCUT2D eigenvalue weighted by Crippen LogP contribution is -2.65. The first-order chi connectivity index (χ1) is 9.83. The molecule has 1 spiro atoms. The topological polar surface area (TPSA) is 41.6 Å². The van der Waals surface area contributed by atoms with Crippen molar-refractivity contribution in [3.8, 4) is 0 Å². The maximum atomic E-state index is 12.8. The van der Waals surface area contributed by atoms with E-state index in [1.54, 1.807) is 0 Å². The van der Waals surface area contributed by atoms with Crippen LogP contribution >= 0.6 is 0 Å². The van der Waals surface area contributed by atoms with Crippen molar-refractivity contribution >= 4 is 0 Å². The molecule has 0 aromatic rings. The lowest BCUT2D eigenvalue weighted by Gasteiger charge is -2.55. The Morgan fingerprint density at radius 3 is 2.38 bits per heavy atom. The summed E-state index contributed by atoms with van der Waals surface area (Å²) in [5, 5.41) is 14.2. The van der Waals surface area contributed by atoms with Gasteiger partial charge in [-0.05, 0) is 33.1 Å². The lowest BCUT2D eigenvalue weighted by atomic mass is 9.73. The second kappa shape index (κ2) is 6.15. The fourth-order valence-electron chi connectivity index (χ4n) is 4.17. The van der Waals surface area contributed by atoms with E-state index in [2.05, 4.69) is 20.8 Å². The molecular formula is C17H32NO3. The van der Waals surface area contributed by atoms with Crippen LogP contribution < -0.4 is 0 Å². The molecule has 2 saturated heterocycles. The van der Waals surface area contributed by atoms with E-state index in [9.17, 15) is 5.21 Å². The number of hydrogen-bond donors (Lipinski definition) is 0. The molecule has 0 aromatic heterocycles. The van der Waals surface area contributed by atoms with E-state index >= 15 is 0 Å². The average molecular weight is 298 g/mol. The third-order valence-corrected chi connectivity index (χ3v) is 5.39. The van der Waals surface area contributed by atoms with Crippen molar-refractivity contribution in [2.45, 2.75) is 103 Å². The molecule has 2 aliphatic rings. The molecule has 4 nitrogen and oxygen atoms in total. The summed E-state index contributed by atoms with van der Waals surface area (Å²) in [5.41, 5.74) is -0.800. The van der Waals surface area contributed by atoms with Crippen LogP contribution in [0.2, 0.25) is 0 Å². The second-order valence-electron chi connectivity index (χ2n) is 7.50. The fourth-order valence-corrected chi connectivity index (χ4v) is 4.17. The van der Waals surface area contributed by atoms with Gasteiger partial charge in [0.1, 0.15) is 0 Å². The van der Waals surface area contributed by atoms with Gasteiger partial charge in [0, 0.05) is 18.4 Å². The molecule has 0 bridgehead atoms. The summed E-state index contributed by atoms with van der Waals surface area (Å²) in [6.07, 6.45) is 6.65. The van der Waals surface area contributed by atoms with Gasteiger partial charge in [0.25, 0.3) is 0 Å². The molecule has 0 N–H and O–H groups in total. The van der Waals surface area contributed by atoms with Crippen molar-refractivity contribution in [2.24, 2.45) is 0 Å². The molecule has 0 aliphatic carbocycles. The molecule has 2 fully saturated rings. The summed E-state index contributed by atoms with van der Waals surface area (Å²) in [7, 11) is 0. The summed E-state index contributed by atoms with van der Waals surface area (Å²) in [4.78, 5) is 0. The number of hydroxylamine groups is 2. The van der Waals surface area contributed by atoms with Gasteiger partial charge in [0.05, 0.1) is 18.2 Å². The number of hydrogen-bond acceptors (Lipinski definition) is 3. The van der Waals surface area contributed by atoms with Crippen LogP contribution in [0.15, 0.2) is 0 Å². The molecule has 2 heterocycles. The van der Waals surface area contributed by atoms with E-state index in [0.29, 0.717) is 19.4 Å². The van der Waals surface area contributed by atoms with Crippen LogP contribution in [-0.4, -0.2) is 34.6 Å². The minimum Gasteiger partial charge on any atom is -0.347 e. The zero-order valence-electron chi connectivity index (χ0n) is 14.4. The van der Waals surface area contributed by atoms with Crippen molar-refractivity contribution in [2.75, 3.05) is 6.61 Å². The average Bonchev–Trinajstić information content (AvgIpc) is 2.83. The monoisotopic (exact) mass is 298 g/mol. The summed E-state index contributed by atoms with van der Waals surface area (Å²) >= 11 is 0. The summed E-state index contributed by atoms with van der Waals surface area (Å²) in [6.45, 7) is 11.1. The summed E-state index contributed by atoms with van der Waals surface area (Å²) in [5.74, 6) is -0.547. The van der Waals surface area contributed by atoms with Gasteiger partial charge in [0.15, 0.2) is 5.79 Å². The summed E-state index contributed by atoms with van der Waals surface area (Å²) in [6, 6.07) is 0. The second-order valence-corrected chi connectivity index (χ2v) is 7.50. The highest BCUT2D eigenvalue weighted by Crippen LogP contribution is 2.50. The van der Waals surface area contributed by atoms with Crippen LogP contribution in [-0.2, 0) is 14.7 Å². The first kappa shape index (κ1) is 17.2. The lowest BCUT2D eigenvalue weighted by molar-refractivity contribution is -0.352. The molecular weight excluding hydrogens is 266 g/mol. The predicted octanol–water partition coefficient (Wildman–Crippen LogP) is 4.07. The Morgan fingerprint density at radius 1 is 1.14 bits per heavy atom. The van der Waals surface area contributed by atoms with Gasteiger partial charge in [-0.3, -0.25) is 0 Å². The maximum absolute atomic E-state index is 12.8. The van der Waals surface area contributed by atoms with E-state index in [-0.39, 0.29) is 11.6 Å². The van der Waals surface area contributed by atoms with Crippen LogP contribution in [0, 0.1) is 0 Å². The Bertz CT molecular complexity index is 354. The van der Waals surface area contributed by atoms with Crippen LogP contribution in [0.5, 0.6) is 0 Å². The molecule has 1 radical (unpaired) electrons. The van der Waals surface area contributed by atoms with Gasteiger partial charge < -0.3 is 9.47 Å². The minimum absolute atomic E-state index is 0.199. The van der Waals surface area contributed by atoms with Crippen LogP contribution in [0.3, 0.4) is 0 Å². The molecule has 0 aromatic carbocycles. The standard InChI is InChI=1S/C17H32NO3/c1-6-9-10-14-11-20-17(21-14)12-15(4,5)18(19)16(7-2,8-3)13-17/h14H,6-13H2,1-5H3. The van der Waals surface area contributed by atoms with Gasteiger partial charge in [-0.1, -0.05) is 33.6 Å². The largest absolute Gasteiger partial charge is 0.347 e. The highest BCUT2D eigenvalue weighted by atomic mass is 16.7. The fraction of sp³-hybridized carbons (Fsp3) is 1.00. The Hall–Kier alpha value is -0.160. The molecule has 2 unspecified atom stereocenters. The Morgan fingerprint density at radius 2 is 1.81 bits per heavy atom. The van der Waals surface area contributed by atoms with E-state index < -0.39 is 11.3 Å². The van der Waals surface area contributed by atoms with Crippen LogP contribution in [0.1, 0.15) is 79.6 Å². The maximum Gasteiger partial charge on any atom is 0.172 e. The van der Waals surface area contributed by atoms with Gasteiger partial charge in [-0.25, -0.2) is 0 Å². The molecule has 4 heteroatoms. The van der Waals surface area contributed by atoms with Crippen LogP contribution in [0.25, 0.3) is 0 Å². The molecule has 2 aliphatic heterocycles. The Labute approximate surface area is 129 Å². The van der Waals surface area contributed by atoms with Crippen molar-refractivity contribution in [1.82, 2.24) is 5.06 Å². The van der Waals surface area contributed by atoms with E-state index in [0.717, 1.165) is 19.3 Å². The highest BCUT2D eigenvalue weighted by Gasteiger charge is 2.59. The summed E-state index contributed by atoms with van der Waals surface area (Å²) < 4.78 is 12.5. The quantitative estimate of drug-likeness (QED) is 0.768. The molecule has 2 rings (SSSR count). The number of unbranched alkanes of at least 4 members (excludes halogenated alkanes) is 1. The smallest absolute Gasteiger partial charge is 0.172 e. The molecule has 21 heavy (non-hydrogen) atoms. The number of nitrogens with zero attached hydrogens (tertiary/aromatic N) is 1. The van der Waals surface area contributed by atoms with Crippen molar-refractivity contribution in [3.05, 3.63) is 0 Å². The van der Waals surface area contributed by atoms with E-state index in [1.165, 1.54) is 17.9 Å². The molecule has 123 valence electrons. The van der Waals surface area contributed by atoms with Gasteiger partial charge in [-0.15, -0.1) is 10.3 Å². The van der Waals surface area contributed by atoms with Crippen LogP contribution in [0.4, 0.5) is 0 Å². The first-order valence-corrected chi connectivity index (χ1v) is 8.62. The normalized spacial score (nSPS) is 35.4. The SMILES string of the molecule is CCCCC1COC2(CC(C)(C)N([O])C(CC)(CC)C2)O1. The van der Waals surface area contributed by atoms with Gasteiger partial charge in [0.2, 0.25) is 0 Å². The number of piperidine rings is 1. The van der Waals surface area contributed by atoms with Gasteiger partial charge >= 0.3 is 0 Å². The first-order valence-electron chi connectivity index (χ1n) is 8.62.